The highest BCUT2D eigenvalue weighted by molar-refractivity contribution is 5.92. The maximum absolute atomic E-state index is 13.0. The Labute approximate surface area is 142 Å². The highest BCUT2D eigenvalue weighted by Gasteiger charge is 2.53. The van der Waals surface area contributed by atoms with Crippen LogP contribution in [0.4, 0.5) is 0 Å². The number of amides is 1. The van der Waals surface area contributed by atoms with Crippen molar-refractivity contribution in [1.82, 2.24) is 20.1 Å². The Morgan fingerprint density at radius 3 is 2.71 bits per heavy atom. The third-order valence-corrected chi connectivity index (χ3v) is 4.78. The molecule has 1 unspecified atom stereocenters. The summed E-state index contributed by atoms with van der Waals surface area (Å²) in [6, 6.07) is 7.80. The van der Waals surface area contributed by atoms with Gasteiger partial charge in [0.2, 0.25) is 5.91 Å². The van der Waals surface area contributed by atoms with Gasteiger partial charge in [0.25, 0.3) is 0 Å². The number of nitrogens with zero attached hydrogens (tertiary/aromatic N) is 3. The first-order valence-electron chi connectivity index (χ1n) is 8.33. The van der Waals surface area contributed by atoms with Gasteiger partial charge in [0.15, 0.2) is 0 Å². The van der Waals surface area contributed by atoms with Gasteiger partial charge < -0.3 is 10.1 Å². The van der Waals surface area contributed by atoms with Gasteiger partial charge in [-0.3, -0.25) is 9.48 Å². The average Bonchev–Trinajstić information content (AvgIpc) is 3.24. The molecule has 1 aromatic heterocycles. The second kappa shape index (κ2) is 6.63. The van der Waals surface area contributed by atoms with Crippen LogP contribution in [-0.2, 0) is 16.8 Å². The molecule has 1 saturated carbocycles. The fourth-order valence-electron chi connectivity index (χ4n) is 3.04. The van der Waals surface area contributed by atoms with E-state index in [1.54, 1.807) is 18.1 Å². The van der Waals surface area contributed by atoms with Gasteiger partial charge in [-0.15, -0.1) is 0 Å². The Bertz CT molecular complexity index is 693. The van der Waals surface area contributed by atoms with Crippen LogP contribution in [-0.4, -0.2) is 33.8 Å². The van der Waals surface area contributed by atoms with E-state index in [-0.39, 0.29) is 11.9 Å². The second-order valence-electron chi connectivity index (χ2n) is 6.72. The first kappa shape index (κ1) is 16.5. The van der Waals surface area contributed by atoms with Gasteiger partial charge in [0.05, 0.1) is 25.1 Å². The van der Waals surface area contributed by atoms with E-state index in [0.29, 0.717) is 12.5 Å². The number of hydrogen-bond acceptors (Lipinski definition) is 4. The lowest BCUT2D eigenvalue weighted by molar-refractivity contribution is -0.124. The third-order valence-electron chi connectivity index (χ3n) is 4.78. The van der Waals surface area contributed by atoms with E-state index in [1.165, 1.54) is 6.33 Å². The van der Waals surface area contributed by atoms with Gasteiger partial charge in [-0.25, -0.2) is 4.98 Å². The fourth-order valence-corrected chi connectivity index (χ4v) is 3.04. The fraction of sp³-hybridized carbons (Fsp3) is 0.500. The predicted octanol–water partition coefficient (Wildman–Crippen LogP) is 2.16. The molecule has 0 radical (unpaired) electrons. The standard InChI is InChI=1S/C18H24N4O2/c1-13(2)15(10-22-12-19-11-20-22)21-17(23)18(8-9-18)14-6-4-5-7-16(14)24-3/h4-7,11-13,15H,8-10H2,1-3H3,(H,21,23). The zero-order chi connectivity index (χ0) is 17.2. The van der Waals surface area contributed by atoms with E-state index in [2.05, 4.69) is 29.2 Å². The second-order valence-corrected chi connectivity index (χ2v) is 6.72. The molecule has 2 aromatic rings. The Hall–Kier alpha value is -2.37. The summed E-state index contributed by atoms with van der Waals surface area (Å²) >= 11 is 0. The molecule has 1 atom stereocenters. The summed E-state index contributed by atoms with van der Waals surface area (Å²) in [5.41, 5.74) is 0.524. The van der Waals surface area contributed by atoms with E-state index >= 15 is 0 Å². The summed E-state index contributed by atoms with van der Waals surface area (Å²) in [5, 5.41) is 7.37. The number of hydrogen-bond donors (Lipinski definition) is 1. The molecule has 3 rings (SSSR count). The Morgan fingerprint density at radius 2 is 2.12 bits per heavy atom. The molecule has 1 fully saturated rings. The van der Waals surface area contributed by atoms with E-state index in [4.69, 9.17) is 4.74 Å². The molecule has 1 heterocycles. The molecule has 0 aliphatic heterocycles. The van der Waals surface area contributed by atoms with Gasteiger partial charge in [-0.1, -0.05) is 32.0 Å². The van der Waals surface area contributed by atoms with Gasteiger partial charge in [0, 0.05) is 5.56 Å². The lowest BCUT2D eigenvalue weighted by Gasteiger charge is -2.26. The molecule has 128 valence electrons. The van der Waals surface area contributed by atoms with Crippen LogP contribution in [0.1, 0.15) is 32.3 Å². The van der Waals surface area contributed by atoms with Crippen molar-refractivity contribution in [3.8, 4) is 5.75 Å². The summed E-state index contributed by atoms with van der Waals surface area (Å²) in [6.07, 6.45) is 4.89. The van der Waals surface area contributed by atoms with Crippen molar-refractivity contribution in [3.63, 3.8) is 0 Å². The van der Waals surface area contributed by atoms with E-state index in [1.807, 2.05) is 24.3 Å². The minimum Gasteiger partial charge on any atom is -0.496 e. The van der Waals surface area contributed by atoms with E-state index in [0.717, 1.165) is 24.2 Å². The number of carbonyl (C=O) groups excluding carboxylic acids is 1. The van der Waals surface area contributed by atoms with Gasteiger partial charge in [0.1, 0.15) is 18.4 Å². The minimum atomic E-state index is -0.456. The highest BCUT2D eigenvalue weighted by Crippen LogP contribution is 2.51. The van der Waals surface area contributed by atoms with Crippen LogP contribution in [0.3, 0.4) is 0 Å². The quantitative estimate of drug-likeness (QED) is 0.845. The number of methoxy groups -OCH3 is 1. The molecule has 0 saturated heterocycles. The summed E-state index contributed by atoms with van der Waals surface area (Å²) in [5.74, 6) is 1.15. The van der Waals surface area contributed by atoms with Crippen LogP contribution in [0.15, 0.2) is 36.9 Å². The van der Waals surface area contributed by atoms with Crippen molar-refractivity contribution >= 4 is 5.91 Å². The molecular formula is C18H24N4O2. The highest BCUT2D eigenvalue weighted by atomic mass is 16.5. The van der Waals surface area contributed by atoms with E-state index in [9.17, 15) is 4.79 Å². The average molecular weight is 328 g/mol. The molecule has 1 aliphatic carbocycles. The SMILES string of the molecule is COc1ccccc1C1(C(=O)NC(Cn2cncn2)C(C)C)CC1. The predicted molar refractivity (Wildman–Crippen MR) is 90.7 cm³/mol. The Balaban J connectivity index is 1.77. The summed E-state index contributed by atoms with van der Waals surface area (Å²) in [6.45, 7) is 4.82. The molecule has 1 aliphatic rings. The van der Waals surface area contributed by atoms with Gasteiger partial charge in [-0.2, -0.15) is 5.10 Å². The normalized spacial score (nSPS) is 16.7. The summed E-state index contributed by atoms with van der Waals surface area (Å²) in [7, 11) is 1.65. The number of ether oxygens (including phenoxy) is 1. The first-order chi connectivity index (χ1) is 11.6. The Kier molecular flexibility index (Phi) is 4.55. The molecular weight excluding hydrogens is 304 g/mol. The molecule has 0 spiro atoms. The zero-order valence-electron chi connectivity index (χ0n) is 14.4. The third kappa shape index (κ3) is 3.13. The first-order valence-corrected chi connectivity index (χ1v) is 8.33. The molecule has 1 amide bonds. The lowest BCUT2D eigenvalue weighted by atomic mass is 9.92. The van der Waals surface area contributed by atoms with Crippen molar-refractivity contribution in [2.45, 2.75) is 44.7 Å². The van der Waals surface area contributed by atoms with Crippen molar-refractivity contribution in [3.05, 3.63) is 42.5 Å². The molecule has 6 heteroatoms. The van der Waals surface area contributed by atoms with Crippen molar-refractivity contribution in [2.75, 3.05) is 7.11 Å². The van der Waals surface area contributed by atoms with E-state index < -0.39 is 5.41 Å². The van der Waals surface area contributed by atoms with Crippen molar-refractivity contribution in [2.24, 2.45) is 5.92 Å². The Morgan fingerprint density at radius 1 is 1.38 bits per heavy atom. The van der Waals surface area contributed by atoms with Crippen LogP contribution >= 0.6 is 0 Å². The van der Waals surface area contributed by atoms with Gasteiger partial charge in [-0.05, 0) is 24.8 Å². The number of para-hydroxylation sites is 1. The topological polar surface area (TPSA) is 69.0 Å². The maximum Gasteiger partial charge on any atom is 0.231 e. The summed E-state index contributed by atoms with van der Waals surface area (Å²) in [4.78, 5) is 17.0. The number of benzene rings is 1. The summed E-state index contributed by atoms with van der Waals surface area (Å²) < 4.78 is 7.21. The van der Waals surface area contributed by atoms with Crippen LogP contribution < -0.4 is 10.1 Å². The van der Waals surface area contributed by atoms with Crippen LogP contribution in [0.25, 0.3) is 0 Å². The largest absolute Gasteiger partial charge is 0.496 e. The van der Waals surface area contributed by atoms with Crippen LogP contribution in [0.2, 0.25) is 0 Å². The molecule has 24 heavy (non-hydrogen) atoms. The minimum absolute atomic E-state index is 0.00591. The van der Waals surface area contributed by atoms with Crippen molar-refractivity contribution < 1.29 is 9.53 Å². The number of rotatable bonds is 7. The van der Waals surface area contributed by atoms with Crippen LogP contribution in [0, 0.1) is 5.92 Å². The van der Waals surface area contributed by atoms with Crippen LogP contribution in [0.5, 0.6) is 5.75 Å². The molecule has 1 N–H and O–H groups in total. The smallest absolute Gasteiger partial charge is 0.231 e. The molecule has 0 bridgehead atoms. The monoisotopic (exact) mass is 328 g/mol. The lowest BCUT2D eigenvalue weighted by Crippen LogP contribution is -2.46. The number of aromatic nitrogens is 3. The molecule has 1 aromatic carbocycles. The van der Waals surface area contributed by atoms with Crippen molar-refractivity contribution in [1.29, 1.82) is 0 Å². The zero-order valence-corrected chi connectivity index (χ0v) is 14.4. The maximum atomic E-state index is 13.0. The number of carbonyl (C=O) groups is 1. The molecule has 6 nitrogen and oxygen atoms in total. The van der Waals surface area contributed by atoms with Gasteiger partial charge >= 0.3 is 0 Å². The number of nitrogens with one attached hydrogen (secondary N) is 1.